The second-order valence-electron chi connectivity index (χ2n) is 4.13. The summed E-state index contributed by atoms with van der Waals surface area (Å²) in [5.41, 5.74) is -0.647. The molecule has 2 rings (SSSR count). The highest BCUT2D eigenvalue weighted by atomic mass is 16.3. The SMILES string of the molecule is O=C1CC(NCC2(O)CCC2)C(=O)N1. The van der Waals surface area contributed by atoms with Crippen molar-refractivity contribution in [1.29, 1.82) is 0 Å². The molecular weight excluding hydrogens is 184 g/mol. The number of hydrogen-bond acceptors (Lipinski definition) is 4. The van der Waals surface area contributed by atoms with Crippen LogP contribution in [0.15, 0.2) is 0 Å². The Hall–Kier alpha value is -0.940. The zero-order valence-corrected chi connectivity index (χ0v) is 7.88. The molecule has 1 saturated carbocycles. The van der Waals surface area contributed by atoms with Gasteiger partial charge in [-0.25, -0.2) is 0 Å². The molecule has 2 amide bonds. The fraction of sp³-hybridized carbons (Fsp3) is 0.778. The van der Waals surface area contributed by atoms with E-state index in [2.05, 4.69) is 10.6 Å². The molecule has 3 N–H and O–H groups in total. The third-order valence-electron chi connectivity index (χ3n) is 2.93. The Morgan fingerprint density at radius 3 is 2.64 bits per heavy atom. The maximum absolute atomic E-state index is 11.1. The molecule has 0 aromatic carbocycles. The van der Waals surface area contributed by atoms with Gasteiger partial charge in [0.25, 0.3) is 0 Å². The van der Waals surface area contributed by atoms with Gasteiger partial charge < -0.3 is 10.4 Å². The van der Waals surface area contributed by atoms with Crippen LogP contribution in [0.2, 0.25) is 0 Å². The summed E-state index contributed by atoms with van der Waals surface area (Å²) in [5, 5.41) is 14.9. The van der Waals surface area contributed by atoms with Crippen molar-refractivity contribution in [3.05, 3.63) is 0 Å². The van der Waals surface area contributed by atoms with Crippen molar-refractivity contribution in [2.24, 2.45) is 0 Å². The van der Waals surface area contributed by atoms with E-state index in [0.717, 1.165) is 19.3 Å². The molecule has 0 aromatic rings. The average molecular weight is 198 g/mol. The van der Waals surface area contributed by atoms with Crippen molar-refractivity contribution in [3.63, 3.8) is 0 Å². The van der Waals surface area contributed by atoms with Crippen molar-refractivity contribution in [2.45, 2.75) is 37.3 Å². The van der Waals surface area contributed by atoms with Crippen molar-refractivity contribution < 1.29 is 14.7 Å². The van der Waals surface area contributed by atoms with Gasteiger partial charge >= 0.3 is 0 Å². The molecule has 0 radical (unpaired) electrons. The van der Waals surface area contributed by atoms with Crippen molar-refractivity contribution in [3.8, 4) is 0 Å². The molecule has 5 heteroatoms. The van der Waals surface area contributed by atoms with Crippen LogP contribution in [0.25, 0.3) is 0 Å². The van der Waals surface area contributed by atoms with E-state index in [1.807, 2.05) is 0 Å². The van der Waals surface area contributed by atoms with Gasteiger partial charge in [0, 0.05) is 6.54 Å². The molecule has 1 heterocycles. The molecule has 0 spiro atoms. The first-order valence-electron chi connectivity index (χ1n) is 4.89. The predicted molar refractivity (Wildman–Crippen MR) is 48.4 cm³/mol. The van der Waals surface area contributed by atoms with E-state index < -0.39 is 11.6 Å². The lowest BCUT2D eigenvalue weighted by Gasteiger charge is -2.37. The zero-order chi connectivity index (χ0) is 10.2. The maximum Gasteiger partial charge on any atom is 0.244 e. The lowest BCUT2D eigenvalue weighted by molar-refractivity contribution is -0.125. The number of rotatable bonds is 3. The average Bonchev–Trinajstić information content (AvgIpc) is 2.38. The molecule has 78 valence electrons. The van der Waals surface area contributed by atoms with E-state index in [1.54, 1.807) is 0 Å². The van der Waals surface area contributed by atoms with Gasteiger partial charge in [0.1, 0.15) is 0 Å². The summed E-state index contributed by atoms with van der Waals surface area (Å²) < 4.78 is 0. The molecule has 2 fully saturated rings. The van der Waals surface area contributed by atoms with Gasteiger partial charge in [0.05, 0.1) is 18.1 Å². The summed E-state index contributed by atoms with van der Waals surface area (Å²) >= 11 is 0. The quantitative estimate of drug-likeness (QED) is 0.503. The zero-order valence-electron chi connectivity index (χ0n) is 7.88. The molecule has 1 aliphatic heterocycles. The second kappa shape index (κ2) is 3.33. The lowest BCUT2D eigenvalue weighted by Crippen LogP contribution is -2.50. The molecule has 0 aromatic heterocycles. The summed E-state index contributed by atoms with van der Waals surface area (Å²) in [6.45, 7) is 0.401. The highest BCUT2D eigenvalue weighted by molar-refractivity contribution is 6.05. The smallest absolute Gasteiger partial charge is 0.244 e. The molecule has 2 aliphatic rings. The van der Waals surface area contributed by atoms with E-state index in [1.165, 1.54) is 0 Å². The summed E-state index contributed by atoms with van der Waals surface area (Å²) in [4.78, 5) is 22.0. The van der Waals surface area contributed by atoms with E-state index >= 15 is 0 Å². The van der Waals surface area contributed by atoms with Crippen LogP contribution in [0, 0.1) is 0 Å². The molecule has 0 bridgehead atoms. The fourth-order valence-electron chi connectivity index (χ4n) is 1.79. The first kappa shape index (κ1) is 9.61. The standard InChI is InChI=1S/C9H14N2O3/c12-7-4-6(8(13)11-7)10-5-9(14)2-1-3-9/h6,10,14H,1-5H2,(H,11,12,13). The van der Waals surface area contributed by atoms with Crippen molar-refractivity contribution >= 4 is 11.8 Å². The summed E-state index contributed by atoms with van der Waals surface area (Å²) in [7, 11) is 0. The Labute approximate surface area is 81.9 Å². The van der Waals surface area contributed by atoms with Crippen LogP contribution in [0.3, 0.4) is 0 Å². The minimum absolute atomic E-state index is 0.189. The van der Waals surface area contributed by atoms with Gasteiger partial charge in [-0.1, -0.05) is 0 Å². The number of aliphatic hydroxyl groups is 1. The van der Waals surface area contributed by atoms with Crippen LogP contribution < -0.4 is 10.6 Å². The third kappa shape index (κ3) is 1.78. The molecule has 1 saturated heterocycles. The van der Waals surface area contributed by atoms with Gasteiger partial charge in [-0.05, 0) is 19.3 Å². The van der Waals surface area contributed by atoms with Crippen LogP contribution in [0.4, 0.5) is 0 Å². The third-order valence-corrected chi connectivity index (χ3v) is 2.93. The number of hydrogen-bond donors (Lipinski definition) is 3. The number of carbonyl (C=O) groups excluding carboxylic acids is 2. The molecule has 14 heavy (non-hydrogen) atoms. The monoisotopic (exact) mass is 198 g/mol. The Kier molecular flexibility index (Phi) is 2.28. The minimum atomic E-state index is -0.647. The molecule has 5 nitrogen and oxygen atoms in total. The second-order valence-corrected chi connectivity index (χ2v) is 4.13. The summed E-state index contributed by atoms with van der Waals surface area (Å²) in [6.07, 6.45) is 2.79. The van der Waals surface area contributed by atoms with Crippen LogP contribution >= 0.6 is 0 Å². The lowest BCUT2D eigenvalue weighted by atomic mass is 9.80. The van der Waals surface area contributed by atoms with E-state index in [9.17, 15) is 14.7 Å². The number of nitrogens with one attached hydrogen (secondary N) is 2. The van der Waals surface area contributed by atoms with E-state index in [4.69, 9.17) is 0 Å². The first-order valence-corrected chi connectivity index (χ1v) is 4.89. The van der Waals surface area contributed by atoms with Gasteiger partial charge in [-0.3, -0.25) is 14.9 Å². The van der Waals surface area contributed by atoms with Gasteiger partial charge in [-0.2, -0.15) is 0 Å². The van der Waals surface area contributed by atoms with Gasteiger partial charge in [0.2, 0.25) is 11.8 Å². The Balaban J connectivity index is 1.80. The maximum atomic E-state index is 11.1. The molecule has 1 aliphatic carbocycles. The molecular formula is C9H14N2O3. The predicted octanol–water partition coefficient (Wildman–Crippen LogP) is -1.09. The Morgan fingerprint density at radius 2 is 2.21 bits per heavy atom. The topological polar surface area (TPSA) is 78.4 Å². The Bertz CT molecular complexity index is 273. The van der Waals surface area contributed by atoms with Crippen LogP contribution in [0.5, 0.6) is 0 Å². The van der Waals surface area contributed by atoms with E-state index in [-0.39, 0.29) is 18.2 Å². The summed E-state index contributed by atoms with van der Waals surface area (Å²) in [5.74, 6) is -0.522. The van der Waals surface area contributed by atoms with E-state index in [0.29, 0.717) is 6.54 Å². The largest absolute Gasteiger partial charge is 0.389 e. The van der Waals surface area contributed by atoms with Crippen LogP contribution in [-0.4, -0.2) is 35.1 Å². The van der Waals surface area contributed by atoms with Crippen LogP contribution in [0.1, 0.15) is 25.7 Å². The minimum Gasteiger partial charge on any atom is -0.389 e. The number of amides is 2. The van der Waals surface area contributed by atoms with Gasteiger partial charge in [0.15, 0.2) is 0 Å². The molecule has 1 unspecified atom stereocenters. The Morgan fingerprint density at radius 1 is 1.50 bits per heavy atom. The summed E-state index contributed by atoms with van der Waals surface area (Å²) in [6, 6.07) is -0.452. The number of carbonyl (C=O) groups is 2. The molecule has 1 atom stereocenters. The van der Waals surface area contributed by atoms with Crippen molar-refractivity contribution in [2.75, 3.05) is 6.54 Å². The highest BCUT2D eigenvalue weighted by Gasteiger charge is 2.37. The van der Waals surface area contributed by atoms with Crippen LogP contribution in [-0.2, 0) is 9.59 Å². The number of imide groups is 1. The van der Waals surface area contributed by atoms with Gasteiger partial charge in [-0.15, -0.1) is 0 Å². The van der Waals surface area contributed by atoms with Crippen molar-refractivity contribution in [1.82, 2.24) is 10.6 Å². The normalized spacial score (nSPS) is 29.9. The highest BCUT2D eigenvalue weighted by Crippen LogP contribution is 2.30. The first-order chi connectivity index (χ1) is 6.59. The fourth-order valence-corrected chi connectivity index (χ4v) is 1.79.